The third-order valence-corrected chi connectivity index (χ3v) is 7.62. The summed E-state index contributed by atoms with van der Waals surface area (Å²) in [5.41, 5.74) is 4.40. The molecule has 9 rings (SSSR count). The van der Waals surface area contributed by atoms with Crippen molar-refractivity contribution in [1.29, 1.82) is 0 Å². The van der Waals surface area contributed by atoms with Crippen LogP contribution in [0.1, 0.15) is 0 Å². The minimum Gasteiger partial charge on any atom is -0.411 e. The summed E-state index contributed by atoms with van der Waals surface area (Å²) >= 11 is 0. The lowest BCUT2D eigenvalue weighted by Gasteiger charge is -2.08. The van der Waals surface area contributed by atoms with Gasteiger partial charge in [0.15, 0.2) is 22.0 Å². The molecule has 44 heavy (non-hydrogen) atoms. The van der Waals surface area contributed by atoms with Crippen LogP contribution in [-0.2, 0) is 0 Å². The van der Waals surface area contributed by atoms with Crippen molar-refractivity contribution in [2.75, 3.05) is 0 Å². The van der Waals surface area contributed by atoms with Crippen LogP contribution in [0.25, 0.3) is 65.8 Å². The van der Waals surface area contributed by atoms with Crippen LogP contribution < -0.4 is 20.3 Å². The van der Waals surface area contributed by atoms with Crippen molar-refractivity contribution in [3.63, 3.8) is 0 Å². The summed E-state index contributed by atoms with van der Waals surface area (Å²) in [5.74, 6) is 0.815. The molecule has 0 saturated heterocycles. The molecule has 0 unspecified atom stereocenters. The number of rotatable bonds is 4. The first kappa shape index (κ1) is 24.2. The minimum absolute atomic E-state index is 0.0839. The smallest absolute Gasteiger partial charge is 0.400 e. The molecule has 10 heteroatoms. The van der Waals surface area contributed by atoms with Crippen LogP contribution in [0.4, 0.5) is 0 Å². The summed E-state index contributed by atoms with van der Waals surface area (Å²) in [5, 5.41) is 1.70. The van der Waals surface area contributed by atoms with Gasteiger partial charge in [-0.1, -0.05) is 24.3 Å². The highest BCUT2D eigenvalue weighted by atomic mass is 16.6. The second-order valence-corrected chi connectivity index (χ2v) is 10.4. The molecule has 0 aliphatic heterocycles. The van der Waals surface area contributed by atoms with E-state index in [0.29, 0.717) is 77.3 Å². The molecule has 0 amide bonds. The van der Waals surface area contributed by atoms with Gasteiger partial charge in [-0.15, -0.1) is 0 Å². The molecule has 0 bridgehead atoms. The van der Waals surface area contributed by atoms with Crippen LogP contribution in [0.3, 0.4) is 0 Å². The van der Waals surface area contributed by atoms with Crippen molar-refractivity contribution in [2.24, 2.45) is 0 Å². The normalized spacial score (nSPS) is 11.8. The molecule has 10 nitrogen and oxygen atoms in total. The van der Waals surface area contributed by atoms with Gasteiger partial charge >= 0.3 is 12.2 Å². The van der Waals surface area contributed by atoms with Gasteiger partial charge in [-0.05, 0) is 72.8 Å². The molecule has 0 spiro atoms. The number of aromatic nitrogens is 4. The Labute approximate surface area is 245 Å². The molecule has 0 aliphatic carbocycles. The van der Waals surface area contributed by atoms with Gasteiger partial charge in [-0.3, -0.25) is 9.59 Å². The zero-order chi connectivity index (χ0) is 29.4. The molecule has 0 fully saturated rings. The number of benzene rings is 5. The fourth-order valence-corrected chi connectivity index (χ4v) is 5.52. The lowest BCUT2D eigenvalue weighted by Crippen LogP contribution is -2.08. The summed E-state index contributed by atoms with van der Waals surface area (Å²) in [4.78, 5) is 42.6. The van der Waals surface area contributed by atoms with E-state index >= 15 is 0 Å². The van der Waals surface area contributed by atoms with Crippen LogP contribution in [0.5, 0.6) is 23.7 Å². The molecule has 2 N–H and O–H groups in total. The highest BCUT2D eigenvalue weighted by molar-refractivity contribution is 6.03. The number of nitrogens with one attached hydrogen (secondary N) is 2. The van der Waals surface area contributed by atoms with Crippen molar-refractivity contribution < 1.29 is 18.3 Å². The number of ether oxygens (including phenoxy) is 2. The Morgan fingerprint density at radius 2 is 0.932 bits per heavy atom. The zero-order valence-electron chi connectivity index (χ0n) is 22.6. The number of aromatic amines is 2. The summed E-state index contributed by atoms with van der Waals surface area (Å²) in [7, 11) is 0. The Balaban J connectivity index is 1.12. The molecule has 210 valence electrons. The summed E-state index contributed by atoms with van der Waals surface area (Å²) in [6.07, 6.45) is 0.168. The van der Waals surface area contributed by atoms with E-state index in [4.69, 9.17) is 18.3 Å². The summed E-state index contributed by atoms with van der Waals surface area (Å²) < 4.78 is 23.0. The minimum atomic E-state index is -0.207. The first-order valence-electron chi connectivity index (χ1n) is 13.7. The number of para-hydroxylation sites is 4. The maximum Gasteiger partial charge on any atom is 0.400 e. The highest BCUT2D eigenvalue weighted by Gasteiger charge is 2.15. The van der Waals surface area contributed by atoms with Gasteiger partial charge < -0.3 is 28.3 Å². The Morgan fingerprint density at radius 1 is 0.500 bits per heavy atom. The summed E-state index contributed by atoms with van der Waals surface area (Å²) in [6.45, 7) is 0. The third-order valence-electron chi connectivity index (χ3n) is 7.62. The van der Waals surface area contributed by atoms with E-state index in [1.54, 1.807) is 60.7 Å². The maximum absolute atomic E-state index is 13.7. The molecule has 0 saturated carbocycles. The Morgan fingerprint density at radius 3 is 1.39 bits per heavy atom. The monoisotopic (exact) mass is 578 g/mol. The molecule has 0 aliphatic rings. The van der Waals surface area contributed by atoms with Crippen molar-refractivity contribution in [1.82, 2.24) is 19.9 Å². The van der Waals surface area contributed by atoms with Crippen molar-refractivity contribution >= 4 is 65.8 Å². The van der Waals surface area contributed by atoms with E-state index < -0.39 is 0 Å². The molecule has 9 aromatic rings. The van der Waals surface area contributed by atoms with Gasteiger partial charge in [0.05, 0.1) is 22.1 Å². The van der Waals surface area contributed by atoms with Gasteiger partial charge in [0, 0.05) is 21.5 Å². The lowest BCUT2D eigenvalue weighted by molar-refractivity contribution is 0.343. The van der Waals surface area contributed by atoms with Gasteiger partial charge in [-0.25, -0.2) is 0 Å². The van der Waals surface area contributed by atoms with E-state index in [1.165, 1.54) is 0 Å². The van der Waals surface area contributed by atoms with Gasteiger partial charge in [0.1, 0.15) is 22.5 Å². The first-order chi connectivity index (χ1) is 21.6. The molecule has 0 atom stereocenters. The molecule has 5 aromatic carbocycles. The number of H-pyrrole nitrogens is 2. The number of pyridine rings is 2. The fraction of sp³-hybridized carbons (Fsp3) is 0. The average molecular weight is 579 g/mol. The topological polar surface area (TPSA) is 136 Å². The van der Waals surface area contributed by atoms with Crippen LogP contribution in [0, 0.1) is 0 Å². The van der Waals surface area contributed by atoms with Crippen LogP contribution in [0.2, 0.25) is 0 Å². The van der Waals surface area contributed by atoms with Crippen molar-refractivity contribution in [2.45, 2.75) is 0 Å². The highest BCUT2D eigenvalue weighted by Crippen LogP contribution is 2.30. The molecule has 4 heterocycles. The fourth-order valence-electron chi connectivity index (χ4n) is 5.52. The van der Waals surface area contributed by atoms with E-state index in [0.717, 1.165) is 0 Å². The average Bonchev–Trinajstić information content (AvgIpc) is 3.64. The SMILES string of the molecule is O=c1c2cc(Oc3nc4ccccc4o3)ccc2[nH]c2cc3c(=O)c4cc(Oc5nc6ccccc6o5)ccc4[nH]c3cc12. The number of fused-ring (bicyclic) bond motifs is 6. The summed E-state index contributed by atoms with van der Waals surface area (Å²) in [6, 6.07) is 28.3. The second kappa shape index (κ2) is 9.04. The van der Waals surface area contributed by atoms with Gasteiger partial charge in [-0.2, -0.15) is 9.97 Å². The Hall–Kier alpha value is -6.42. The maximum atomic E-state index is 13.7. The van der Waals surface area contributed by atoms with Crippen LogP contribution in [0.15, 0.2) is 115 Å². The van der Waals surface area contributed by atoms with E-state index in [2.05, 4.69) is 19.9 Å². The molecule has 0 radical (unpaired) electrons. The van der Waals surface area contributed by atoms with Gasteiger partial charge in [0.2, 0.25) is 0 Å². The van der Waals surface area contributed by atoms with E-state index in [-0.39, 0.29) is 23.0 Å². The zero-order valence-corrected chi connectivity index (χ0v) is 22.6. The molecular formula is C34H18N4O6. The number of hydrogen-bond acceptors (Lipinski definition) is 8. The largest absolute Gasteiger partial charge is 0.411 e. The Kier molecular flexibility index (Phi) is 4.97. The number of hydrogen-bond donors (Lipinski definition) is 2. The quantitative estimate of drug-likeness (QED) is 0.204. The van der Waals surface area contributed by atoms with Crippen LogP contribution in [-0.4, -0.2) is 19.9 Å². The van der Waals surface area contributed by atoms with Gasteiger partial charge in [0.25, 0.3) is 0 Å². The number of oxazole rings is 2. The predicted molar refractivity (Wildman–Crippen MR) is 166 cm³/mol. The van der Waals surface area contributed by atoms with E-state index in [1.807, 2.05) is 36.4 Å². The third kappa shape index (κ3) is 3.82. The van der Waals surface area contributed by atoms with Crippen LogP contribution >= 0.6 is 0 Å². The standard InChI is InChI=1S/C34H18N4O6/c39-31-19-13-17(41-33-37-25-5-1-3-7-29(25)43-33)9-11-23(19)35-27-16-22-28(15-21(27)31)36-24-12-10-18(14-20(24)32(22)40)42-34-38-26-6-2-4-8-30(26)44-34/h1-16H,(H,35,39)(H,36,40). The second-order valence-electron chi connectivity index (χ2n) is 10.4. The lowest BCUT2D eigenvalue weighted by atomic mass is 10.1. The molecule has 4 aromatic heterocycles. The van der Waals surface area contributed by atoms with Crippen molar-refractivity contribution in [3.05, 3.63) is 118 Å². The van der Waals surface area contributed by atoms with Crippen molar-refractivity contribution in [3.8, 4) is 23.7 Å². The predicted octanol–water partition coefficient (Wildman–Crippen LogP) is 7.54. The van der Waals surface area contributed by atoms with E-state index in [9.17, 15) is 9.59 Å². The Bertz CT molecular complexity index is 2480. The number of nitrogens with zero attached hydrogens (tertiary/aromatic N) is 2. The first-order valence-corrected chi connectivity index (χ1v) is 13.7. The molecular weight excluding hydrogens is 560 g/mol.